The van der Waals surface area contributed by atoms with E-state index in [1.165, 1.54) is 12.0 Å². The SMILES string of the molecule is CN1CCN(c2ccc(Nc3cc(NC(=O)Nc4cccc(Cl)c4)ncn3)cc2)CC1. The van der Waals surface area contributed by atoms with Crippen LogP contribution in [0.1, 0.15) is 0 Å². The van der Waals surface area contributed by atoms with Gasteiger partial charge in [0.15, 0.2) is 0 Å². The molecule has 0 aliphatic carbocycles. The molecule has 0 saturated carbocycles. The summed E-state index contributed by atoms with van der Waals surface area (Å²) in [7, 11) is 2.15. The second-order valence-corrected chi connectivity index (χ2v) is 7.78. The van der Waals surface area contributed by atoms with Gasteiger partial charge in [-0.3, -0.25) is 5.32 Å². The molecule has 0 atom stereocenters. The lowest BCUT2D eigenvalue weighted by molar-refractivity contribution is 0.262. The van der Waals surface area contributed by atoms with Gasteiger partial charge >= 0.3 is 6.03 Å². The number of halogens is 1. The predicted molar refractivity (Wildman–Crippen MR) is 126 cm³/mol. The second kappa shape index (κ2) is 9.63. The topological polar surface area (TPSA) is 85.4 Å². The Labute approximate surface area is 186 Å². The smallest absolute Gasteiger partial charge is 0.324 e. The monoisotopic (exact) mass is 437 g/mol. The highest BCUT2D eigenvalue weighted by atomic mass is 35.5. The van der Waals surface area contributed by atoms with Crippen LogP contribution in [0.5, 0.6) is 0 Å². The standard InChI is InChI=1S/C22H24ClN7O/c1-29-9-11-30(12-10-29)19-7-5-17(6-8-19)26-20-14-21(25-15-24-20)28-22(31)27-18-4-2-3-16(23)13-18/h2-8,13-15H,9-12H2,1H3,(H3,24,25,26,27,28,31). The van der Waals surface area contributed by atoms with Crippen molar-refractivity contribution in [2.75, 3.05) is 54.1 Å². The lowest BCUT2D eigenvalue weighted by Gasteiger charge is -2.34. The number of likely N-dealkylation sites (N-methyl/N-ethyl adjacent to an activating group) is 1. The number of carbonyl (C=O) groups is 1. The summed E-state index contributed by atoms with van der Waals surface area (Å²) in [5.41, 5.74) is 2.71. The van der Waals surface area contributed by atoms with E-state index < -0.39 is 6.03 Å². The molecule has 1 aromatic heterocycles. The van der Waals surface area contributed by atoms with E-state index in [1.807, 2.05) is 12.1 Å². The first-order valence-corrected chi connectivity index (χ1v) is 10.4. The van der Waals surface area contributed by atoms with Gasteiger partial charge in [-0.25, -0.2) is 14.8 Å². The van der Waals surface area contributed by atoms with Gasteiger partial charge in [0.2, 0.25) is 0 Å². The summed E-state index contributed by atoms with van der Waals surface area (Å²) in [4.78, 5) is 25.3. The summed E-state index contributed by atoms with van der Waals surface area (Å²) in [6, 6.07) is 16.4. The maximum Gasteiger partial charge on any atom is 0.324 e. The van der Waals surface area contributed by atoms with E-state index in [1.54, 1.807) is 30.3 Å². The molecule has 0 bridgehead atoms. The normalized spacial score (nSPS) is 14.2. The third-order valence-electron chi connectivity index (χ3n) is 5.00. The van der Waals surface area contributed by atoms with Gasteiger partial charge in [-0.05, 0) is 49.5 Å². The van der Waals surface area contributed by atoms with E-state index in [-0.39, 0.29) is 0 Å². The summed E-state index contributed by atoms with van der Waals surface area (Å²) in [6.07, 6.45) is 1.40. The molecule has 3 N–H and O–H groups in total. The Morgan fingerprint density at radius 2 is 1.65 bits per heavy atom. The van der Waals surface area contributed by atoms with Crippen molar-refractivity contribution in [1.82, 2.24) is 14.9 Å². The number of urea groups is 1. The summed E-state index contributed by atoms with van der Waals surface area (Å²) in [6.45, 7) is 4.20. The summed E-state index contributed by atoms with van der Waals surface area (Å²) >= 11 is 5.94. The molecule has 2 heterocycles. The van der Waals surface area contributed by atoms with Crippen LogP contribution < -0.4 is 20.9 Å². The molecular formula is C22H24ClN7O. The molecule has 1 aliphatic rings. The number of carbonyl (C=O) groups excluding carboxylic acids is 1. The molecular weight excluding hydrogens is 414 g/mol. The van der Waals surface area contributed by atoms with Gasteiger partial charge in [0.25, 0.3) is 0 Å². The Kier molecular flexibility index (Phi) is 6.49. The second-order valence-electron chi connectivity index (χ2n) is 7.34. The van der Waals surface area contributed by atoms with Crippen LogP contribution in [-0.2, 0) is 0 Å². The quantitative estimate of drug-likeness (QED) is 0.552. The highest BCUT2D eigenvalue weighted by molar-refractivity contribution is 6.30. The van der Waals surface area contributed by atoms with Gasteiger partial charge in [-0.15, -0.1) is 0 Å². The highest BCUT2D eigenvalue weighted by Crippen LogP contribution is 2.22. The first kappa shape index (κ1) is 20.9. The van der Waals surface area contributed by atoms with E-state index >= 15 is 0 Å². The number of rotatable bonds is 5. The van der Waals surface area contributed by atoms with E-state index in [2.05, 4.69) is 54.9 Å². The number of hydrogen-bond donors (Lipinski definition) is 3. The Morgan fingerprint density at radius 1 is 0.903 bits per heavy atom. The van der Waals surface area contributed by atoms with Gasteiger partial charge in [-0.1, -0.05) is 17.7 Å². The summed E-state index contributed by atoms with van der Waals surface area (Å²) < 4.78 is 0. The van der Waals surface area contributed by atoms with Crippen LogP contribution in [0.2, 0.25) is 5.02 Å². The van der Waals surface area contributed by atoms with Crippen LogP contribution in [0.3, 0.4) is 0 Å². The average Bonchev–Trinajstić information content (AvgIpc) is 2.75. The van der Waals surface area contributed by atoms with Crippen molar-refractivity contribution in [2.24, 2.45) is 0 Å². The molecule has 3 aromatic rings. The molecule has 160 valence electrons. The lowest BCUT2D eigenvalue weighted by Crippen LogP contribution is -2.44. The van der Waals surface area contributed by atoms with Gasteiger partial charge in [-0.2, -0.15) is 0 Å². The van der Waals surface area contributed by atoms with Crippen LogP contribution in [0.4, 0.5) is 33.5 Å². The third-order valence-corrected chi connectivity index (χ3v) is 5.23. The lowest BCUT2D eigenvalue weighted by atomic mass is 10.2. The fraction of sp³-hybridized carbons (Fsp3) is 0.227. The molecule has 1 aliphatic heterocycles. The molecule has 31 heavy (non-hydrogen) atoms. The Balaban J connectivity index is 1.35. The van der Waals surface area contributed by atoms with Crippen molar-refractivity contribution in [1.29, 1.82) is 0 Å². The molecule has 9 heteroatoms. The average molecular weight is 438 g/mol. The Hall–Kier alpha value is -3.36. The molecule has 1 saturated heterocycles. The molecule has 1 fully saturated rings. The van der Waals surface area contributed by atoms with E-state index in [0.29, 0.717) is 22.3 Å². The van der Waals surface area contributed by atoms with E-state index in [4.69, 9.17) is 11.6 Å². The minimum absolute atomic E-state index is 0.381. The Bertz CT molecular complexity index is 1040. The van der Waals surface area contributed by atoms with E-state index in [0.717, 1.165) is 31.9 Å². The molecule has 4 rings (SSSR count). The maximum atomic E-state index is 12.2. The maximum absolute atomic E-state index is 12.2. The van der Waals surface area contributed by atoms with Crippen LogP contribution in [0.25, 0.3) is 0 Å². The number of nitrogens with zero attached hydrogens (tertiary/aromatic N) is 4. The zero-order valence-corrected chi connectivity index (χ0v) is 17.9. The summed E-state index contributed by atoms with van der Waals surface area (Å²) in [5, 5.41) is 9.21. The first-order chi connectivity index (χ1) is 15.0. The Morgan fingerprint density at radius 3 is 2.39 bits per heavy atom. The number of piperazine rings is 1. The van der Waals surface area contributed by atoms with Gasteiger partial charge < -0.3 is 20.4 Å². The fourth-order valence-corrected chi connectivity index (χ4v) is 3.50. The zero-order chi connectivity index (χ0) is 21.6. The molecule has 8 nitrogen and oxygen atoms in total. The number of hydrogen-bond acceptors (Lipinski definition) is 6. The van der Waals surface area contributed by atoms with Gasteiger partial charge in [0.05, 0.1) is 0 Å². The van der Waals surface area contributed by atoms with Crippen LogP contribution in [0.15, 0.2) is 60.9 Å². The minimum atomic E-state index is -0.413. The van der Waals surface area contributed by atoms with Crippen molar-refractivity contribution >= 4 is 46.3 Å². The number of benzene rings is 2. The minimum Gasteiger partial charge on any atom is -0.369 e. The zero-order valence-electron chi connectivity index (χ0n) is 17.2. The third kappa shape index (κ3) is 5.84. The van der Waals surface area contributed by atoms with Crippen molar-refractivity contribution in [2.45, 2.75) is 0 Å². The van der Waals surface area contributed by atoms with Crippen molar-refractivity contribution in [3.05, 3.63) is 65.9 Å². The first-order valence-electron chi connectivity index (χ1n) is 10.0. The molecule has 2 aromatic carbocycles. The highest BCUT2D eigenvalue weighted by Gasteiger charge is 2.14. The van der Waals surface area contributed by atoms with Gasteiger partial charge in [0.1, 0.15) is 18.0 Å². The van der Waals surface area contributed by atoms with Crippen molar-refractivity contribution in [3.63, 3.8) is 0 Å². The van der Waals surface area contributed by atoms with Gasteiger partial charge in [0, 0.05) is 54.3 Å². The molecule has 0 radical (unpaired) electrons. The fourth-order valence-electron chi connectivity index (χ4n) is 3.31. The van der Waals surface area contributed by atoms with Crippen molar-refractivity contribution in [3.8, 4) is 0 Å². The summed E-state index contributed by atoms with van der Waals surface area (Å²) in [5.74, 6) is 0.964. The molecule has 0 spiro atoms. The van der Waals surface area contributed by atoms with Crippen LogP contribution in [0, 0.1) is 0 Å². The van der Waals surface area contributed by atoms with Crippen molar-refractivity contribution < 1.29 is 4.79 Å². The molecule has 0 unspecified atom stereocenters. The largest absolute Gasteiger partial charge is 0.369 e. The predicted octanol–water partition coefficient (Wildman–Crippen LogP) is 4.27. The number of anilines is 5. The number of aromatic nitrogens is 2. The number of amides is 2. The van der Waals surface area contributed by atoms with Crippen LogP contribution in [-0.4, -0.2) is 54.1 Å². The molecule has 2 amide bonds. The van der Waals surface area contributed by atoms with Crippen LogP contribution >= 0.6 is 11.6 Å². The number of nitrogens with one attached hydrogen (secondary N) is 3. The van der Waals surface area contributed by atoms with E-state index in [9.17, 15) is 4.79 Å².